The molecule has 1 amide bonds. The molecule has 0 saturated carbocycles. The normalized spacial score (nSPS) is 17.2. The van der Waals surface area contributed by atoms with Gasteiger partial charge in [0.25, 0.3) is 5.91 Å². The third-order valence-electron chi connectivity index (χ3n) is 5.26. The summed E-state index contributed by atoms with van der Waals surface area (Å²) in [5, 5.41) is 6.81. The van der Waals surface area contributed by atoms with Crippen molar-refractivity contribution in [1.82, 2.24) is 20.4 Å². The molecule has 29 heavy (non-hydrogen) atoms. The van der Waals surface area contributed by atoms with Crippen molar-refractivity contribution in [2.24, 2.45) is 5.92 Å². The van der Waals surface area contributed by atoms with E-state index in [0.29, 0.717) is 17.3 Å². The van der Waals surface area contributed by atoms with E-state index in [9.17, 15) is 4.79 Å². The number of carbonyl (C=O) groups excluding carboxylic acids is 1. The van der Waals surface area contributed by atoms with Gasteiger partial charge in [-0.05, 0) is 43.0 Å². The summed E-state index contributed by atoms with van der Waals surface area (Å²) in [4.78, 5) is 19.3. The van der Waals surface area contributed by atoms with E-state index >= 15 is 0 Å². The second-order valence-electron chi connectivity index (χ2n) is 7.74. The van der Waals surface area contributed by atoms with Crippen molar-refractivity contribution in [2.45, 2.75) is 32.9 Å². The number of benzene rings is 2. The largest absolute Gasteiger partial charge is 0.343 e. The van der Waals surface area contributed by atoms with Crippen LogP contribution >= 0.6 is 0 Å². The zero-order valence-electron chi connectivity index (χ0n) is 16.7. The number of hydrogen-bond donors (Lipinski definition) is 1. The van der Waals surface area contributed by atoms with Crippen LogP contribution in [0.2, 0.25) is 0 Å². The fourth-order valence-corrected chi connectivity index (χ4v) is 3.74. The van der Waals surface area contributed by atoms with Crippen molar-refractivity contribution in [2.75, 3.05) is 13.1 Å². The van der Waals surface area contributed by atoms with Crippen LogP contribution in [0.15, 0.2) is 59.1 Å². The lowest BCUT2D eigenvalue weighted by molar-refractivity contribution is 0.0946. The van der Waals surface area contributed by atoms with Crippen LogP contribution in [0.3, 0.4) is 0 Å². The van der Waals surface area contributed by atoms with Crippen molar-refractivity contribution < 1.29 is 9.32 Å². The Morgan fingerprint density at radius 2 is 1.97 bits per heavy atom. The Labute approximate surface area is 170 Å². The Morgan fingerprint density at radius 1 is 1.17 bits per heavy atom. The smallest absolute Gasteiger partial charge is 0.251 e. The monoisotopic (exact) mass is 390 g/mol. The van der Waals surface area contributed by atoms with E-state index in [4.69, 9.17) is 4.52 Å². The fraction of sp³-hybridized carbons (Fsp3) is 0.348. The van der Waals surface area contributed by atoms with Crippen LogP contribution in [-0.2, 0) is 13.1 Å². The average molecular weight is 390 g/mol. The molecule has 1 saturated heterocycles. The van der Waals surface area contributed by atoms with Gasteiger partial charge >= 0.3 is 0 Å². The molecule has 1 fully saturated rings. The highest BCUT2D eigenvalue weighted by Crippen LogP contribution is 2.18. The third kappa shape index (κ3) is 5.09. The summed E-state index contributed by atoms with van der Waals surface area (Å²) in [5.74, 6) is 1.52. The van der Waals surface area contributed by atoms with Crippen molar-refractivity contribution in [1.29, 1.82) is 0 Å². The minimum absolute atomic E-state index is 0.150. The molecule has 1 N–H and O–H groups in total. The number of amides is 1. The standard InChI is InChI=1S/C23H26N4O2/c1-17-6-5-13-27(15-17)16-18-9-11-20(12-10-18)23(28)24-14-21-25-22(26-29-21)19-7-3-2-4-8-19/h2-4,7-12,17H,5-6,13-16H2,1H3,(H,24,28). The Bertz CT molecular complexity index is 937. The first-order valence-corrected chi connectivity index (χ1v) is 10.1. The lowest BCUT2D eigenvalue weighted by Gasteiger charge is -2.30. The van der Waals surface area contributed by atoms with Crippen LogP contribution in [0, 0.1) is 5.92 Å². The molecule has 2 heterocycles. The summed E-state index contributed by atoms with van der Waals surface area (Å²) in [6, 6.07) is 17.4. The molecule has 0 spiro atoms. The van der Waals surface area contributed by atoms with Crippen molar-refractivity contribution in [3.63, 3.8) is 0 Å². The molecule has 4 rings (SSSR count). The van der Waals surface area contributed by atoms with Crippen molar-refractivity contribution in [3.05, 3.63) is 71.6 Å². The van der Waals surface area contributed by atoms with Gasteiger partial charge in [-0.25, -0.2) is 0 Å². The summed E-state index contributed by atoms with van der Waals surface area (Å²) in [6.45, 7) is 5.76. The molecular weight excluding hydrogens is 364 g/mol. The molecule has 1 aliphatic heterocycles. The van der Waals surface area contributed by atoms with Gasteiger partial charge in [0.2, 0.25) is 11.7 Å². The highest BCUT2D eigenvalue weighted by Gasteiger charge is 2.16. The summed E-state index contributed by atoms with van der Waals surface area (Å²) < 4.78 is 5.24. The zero-order chi connectivity index (χ0) is 20.1. The van der Waals surface area contributed by atoms with E-state index in [0.717, 1.165) is 31.1 Å². The van der Waals surface area contributed by atoms with Gasteiger partial charge in [0.05, 0.1) is 6.54 Å². The topological polar surface area (TPSA) is 71.3 Å². The van der Waals surface area contributed by atoms with Crippen molar-refractivity contribution >= 4 is 5.91 Å². The Kier molecular flexibility index (Phi) is 6.00. The van der Waals surface area contributed by atoms with Crippen LogP contribution in [0.4, 0.5) is 0 Å². The van der Waals surface area contributed by atoms with E-state index in [1.807, 2.05) is 54.6 Å². The molecule has 150 valence electrons. The maximum absolute atomic E-state index is 12.4. The number of rotatable bonds is 6. The van der Waals surface area contributed by atoms with Gasteiger partial charge in [0.1, 0.15) is 0 Å². The molecule has 1 atom stereocenters. The van der Waals surface area contributed by atoms with Crippen LogP contribution in [0.5, 0.6) is 0 Å². The van der Waals surface area contributed by atoms with E-state index in [1.54, 1.807) is 0 Å². The van der Waals surface area contributed by atoms with Gasteiger partial charge in [-0.15, -0.1) is 0 Å². The van der Waals surface area contributed by atoms with Gasteiger partial charge in [-0.3, -0.25) is 9.69 Å². The first-order chi connectivity index (χ1) is 14.2. The first kappa shape index (κ1) is 19.3. The molecule has 0 aliphatic carbocycles. The van der Waals surface area contributed by atoms with Crippen LogP contribution in [0.25, 0.3) is 11.4 Å². The number of hydrogen-bond acceptors (Lipinski definition) is 5. The molecule has 3 aromatic rings. The van der Waals surface area contributed by atoms with Gasteiger partial charge in [0.15, 0.2) is 0 Å². The van der Waals surface area contributed by atoms with Gasteiger partial charge < -0.3 is 9.84 Å². The maximum Gasteiger partial charge on any atom is 0.251 e. The number of piperidine rings is 1. The molecule has 6 heteroatoms. The summed E-state index contributed by atoms with van der Waals surface area (Å²) in [5.41, 5.74) is 2.75. The fourth-order valence-electron chi connectivity index (χ4n) is 3.74. The van der Waals surface area contributed by atoms with Gasteiger partial charge in [0, 0.05) is 24.2 Å². The molecule has 1 aromatic heterocycles. The summed E-state index contributed by atoms with van der Waals surface area (Å²) in [6.07, 6.45) is 2.59. The molecule has 0 radical (unpaired) electrons. The number of nitrogens with zero attached hydrogens (tertiary/aromatic N) is 3. The third-order valence-corrected chi connectivity index (χ3v) is 5.26. The molecule has 6 nitrogen and oxygen atoms in total. The van der Waals surface area contributed by atoms with Crippen LogP contribution in [-0.4, -0.2) is 34.0 Å². The van der Waals surface area contributed by atoms with E-state index < -0.39 is 0 Å². The zero-order valence-corrected chi connectivity index (χ0v) is 16.7. The number of aromatic nitrogens is 2. The van der Waals surface area contributed by atoms with Crippen molar-refractivity contribution in [3.8, 4) is 11.4 Å². The Morgan fingerprint density at radius 3 is 2.72 bits per heavy atom. The molecule has 0 bridgehead atoms. The SMILES string of the molecule is CC1CCCN(Cc2ccc(C(=O)NCc3nc(-c4ccccc4)no3)cc2)C1. The number of nitrogens with one attached hydrogen (secondary N) is 1. The highest BCUT2D eigenvalue weighted by molar-refractivity contribution is 5.94. The summed E-state index contributed by atoms with van der Waals surface area (Å²) >= 11 is 0. The number of likely N-dealkylation sites (tertiary alicyclic amines) is 1. The highest BCUT2D eigenvalue weighted by atomic mass is 16.5. The predicted molar refractivity (Wildman–Crippen MR) is 111 cm³/mol. The second kappa shape index (κ2) is 9.01. The predicted octanol–water partition coefficient (Wildman–Crippen LogP) is 3.90. The summed E-state index contributed by atoms with van der Waals surface area (Å²) in [7, 11) is 0. The maximum atomic E-state index is 12.4. The lowest BCUT2D eigenvalue weighted by Crippen LogP contribution is -2.33. The van der Waals surface area contributed by atoms with Gasteiger partial charge in [-0.2, -0.15) is 4.98 Å². The average Bonchev–Trinajstić information content (AvgIpc) is 3.22. The first-order valence-electron chi connectivity index (χ1n) is 10.1. The minimum atomic E-state index is -0.150. The molecule has 1 aliphatic rings. The molecule has 1 unspecified atom stereocenters. The van der Waals surface area contributed by atoms with E-state index in [1.165, 1.54) is 18.4 Å². The Hall–Kier alpha value is -2.99. The van der Waals surface area contributed by atoms with Crippen LogP contribution < -0.4 is 5.32 Å². The quantitative estimate of drug-likeness (QED) is 0.691. The van der Waals surface area contributed by atoms with Crippen LogP contribution in [0.1, 0.15) is 41.6 Å². The minimum Gasteiger partial charge on any atom is -0.343 e. The lowest BCUT2D eigenvalue weighted by atomic mass is 9.99. The Balaban J connectivity index is 1.30. The van der Waals surface area contributed by atoms with E-state index in [2.05, 4.69) is 27.3 Å². The van der Waals surface area contributed by atoms with E-state index in [-0.39, 0.29) is 12.5 Å². The van der Waals surface area contributed by atoms with Gasteiger partial charge in [-0.1, -0.05) is 54.5 Å². The number of carbonyl (C=O) groups is 1. The second-order valence-corrected chi connectivity index (χ2v) is 7.74. The molecular formula is C23H26N4O2. The molecule has 2 aromatic carbocycles.